The van der Waals surface area contributed by atoms with Crippen molar-refractivity contribution in [3.05, 3.63) is 0 Å². The monoisotopic (exact) mass is 2020 g/mol. The fourth-order valence-electron chi connectivity index (χ4n) is 14.8. The first kappa shape index (κ1) is 175. The lowest BCUT2D eigenvalue weighted by molar-refractivity contribution is -0.193. The fraction of sp³-hybridized carbons (Fsp3) is 0.963. The second kappa shape index (κ2) is 101. The Morgan fingerprint density at radius 3 is 0.734 bits per heavy atom. The average Bonchev–Trinajstić information content (AvgIpc) is 1.70. The third kappa shape index (κ3) is 95.4. The summed E-state index contributed by atoms with van der Waals surface area (Å²) < 4.78 is 0. The molecule has 0 aromatic rings. The minimum Gasteiger partial charge on any atom is -0.479 e. The van der Waals surface area contributed by atoms with Crippen molar-refractivity contribution in [2.75, 3.05) is 111 Å². The number of carbonyl (C=O) groups excluding carboxylic acids is 4. The van der Waals surface area contributed by atoms with E-state index in [1.165, 1.54) is 84.0 Å². The molecule has 139 heavy (non-hydrogen) atoms. The lowest BCUT2D eigenvalue weighted by Gasteiger charge is -2.42. The molecule has 4 aliphatic carbocycles. The van der Waals surface area contributed by atoms with Crippen molar-refractivity contribution in [1.29, 1.82) is 0 Å². The number of aliphatic hydroxyl groups is 11. The molecule has 4 saturated carbocycles. The summed E-state index contributed by atoms with van der Waals surface area (Å²) in [5.41, 5.74) is 0.193. The van der Waals surface area contributed by atoms with Gasteiger partial charge in [0.1, 0.15) is 0 Å². The van der Waals surface area contributed by atoms with Gasteiger partial charge in [-0.15, -0.1) is 0 Å². The van der Waals surface area contributed by atoms with Crippen LogP contribution in [0.4, 0.5) is 0 Å². The highest BCUT2D eigenvalue weighted by Crippen LogP contribution is 2.35. The van der Waals surface area contributed by atoms with Gasteiger partial charge in [0.25, 0.3) is 0 Å². The molecule has 11 fully saturated rings. The van der Waals surface area contributed by atoms with Crippen molar-refractivity contribution in [3.8, 4) is 0 Å². The van der Waals surface area contributed by atoms with Crippen molar-refractivity contribution in [2.24, 2.45) is 0 Å². The smallest absolute Gasteiger partial charge is 0.373 e. The standard InChI is InChI=1S/C9H19NO.C8H17NO.7C7H15NO.2C7H15N.2C6H13NO3.2CO2.13CH4/c1-7(2)10-8-5-3-4-6-9(8)11;1-6(2)9-7-4-3-5-8(7)10;2*1-6(2)8-4-3-7(8)5-9;4*1-6(2)8-4-3-7(9)5-8;1-6(2)8-5-7(9)3-4-7;1-6(2)8-7(3)4-5-7;1-7(2)8-5-3-4-6-8;2*1-4(2)7-3-5(8)6(9)10;2*2-1-3;;;;;;;;;;;;;/h7-11H,3-6H2,1-2H3;6-10H,3-5H2,1-2H3;6*6-7,9H,3-5H2,1-2H3;6,8-9H,3-5H2,1-2H3;6,8H,4-5H2,1-3H3;7H,3-6H2,1-2H3;2*4-5,7-8H,3H2,1-2H3,(H,9,10);;;13*1H4/t8-,9+;7-,8+;6*7-;;;;2*5-;;;;;;;;;;;;;;;/m00101100...10.............../s1. The van der Waals surface area contributed by atoms with E-state index in [0.29, 0.717) is 103 Å². The van der Waals surface area contributed by atoms with Gasteiger partial charge in [0.2, 0.25) is 0 Å². The largest absolute Gasteiger partial charge is 0.479 e. The number of carbonyl (C=O) groups is 2. The summed E-state index contributed by atoms with van der Waals surface area (Å²) in [7, 11) is 0. The van der Waals surface area contributed by atoms with Gasteiger partial charge in [0, 0.05) is 193 Å². The van der Waals surface area contributed by atoms with Crippen LogP contribution in [0.5, 0.6) is 0 Å². The zero-order valence-corrected chi connectivity index (χ0v) is 84.3. The van der Waals surface area contributed by atoms with Crippen molar-refractivity contribution >= 4 is 24.2 Å². The predicted molar refractivity (Wildman–Crippen MR) is 593 cm³/mol. The maximum absolute atomic E-state index is 10.0. The summed E-state index contributed by atoms with van der Waals surface area (Å²) in [4.78, 5) is 68.9. The topological polar surface area (TPSA) is 460 Å². The van der Waals surface area contributed by atoms with Crippen LogP contribution < -0.4 is 31.9 Å². The van der Waals surface area contributed by atoms with Crippen molar-refractivity contribution < 1.29 is 95.2 Å². The Balaban J connectivity index is -0.0000000764. The van der Waals surface area contributed by atoms with Crippen LogP contribution in [0.15, 0.2) is 0 Å². The van der Waals surface area contributed by atoms with Gasteiger partial charge in [0.05, 0.1) is 55.4 Å². The number of nitrogens with zero attached hydrogens (tertiary/aromatic N) is 7. The van der Waals surface area contributed by atoms with Gasteiger partial charge in [-0.25, -0.2) is 9.59 Å². The first-order valence-corrected chi connectivity index (χ1v) is 48.2. The number of aliphatic carboxylic acids is 2. The molecule has 11 aliphatic rings. The van der Waals surface area contributed by atoms with Gasteiger partial charge in [-0.2, -0.15) is 19.2 Å². The van der Waals surface area contributed by atoms with Gasteiger partial charge in [0.15, 0.2) is 12.2 Å². The summed E-state index contributed by atoms with van der Waals surface area (Å²) in [5, 5.41) is 135. The van der Waals surface area contributed by atoms with Crippen LogP contribution in [0, 0.1) is 0 Å². The van der Waals surface area contributed by atoms with E-state index in [4.69, 9.17) is 70.2 Å². The Morgan fingerprint density at radius 2 is 0.590 bits per heavy atom. The van der Waals surface area contributed by atoms with Crippen LogP contribution in [0.3, 0.4) is 0 Å². The molecule has 0 amide bonds. The number of carboxylic acids is 2. The molecule has 0 aromatic heterocycles. The molecule has 19 N–H and O–H groups in total. The molecule has 0 bridgehead atoms. The lowest BCUT2D eigenvalue weighted by atomic mass is 9.92. The molecule has 11 rings (SSSR count). The van der Waals surface area contributed by atoms with Crippen molar-refractivity contribution in [1.82, 2.24) is 66.2 Å². The molecular formula is C107H249N13O19. The first-order chi connectivity index (χ1) is 58.7. The highest BCUT2D eigenvalue weighted by atomic mass is 16.4. The summed E-state index contributed by atoms with van der Waals surface area (Å²) in [6.45, 7) is 71.8. The zero-order chi connectivity index (χ0) is 97.7. The normalized spacial score (nSPS) is 22.7. The van der Waals surface area contributed by atoms with E-state index >= 15 is 0 Å². The third-order valence-electron chi connectivity index (χ3n) is 23.3. The Kier molecular flexibility index (Phi) is 127. The van der Waals surface area contributed by atoms with Gasteiger partial charge < -0.3 is 103 Å². The first-order valence-electron chi connectivity index (χ1n) is 48.2. The van der Waals surface area contributed by atoms with E-state index in [-0.39, 0.29) is 176 Å². The van der Waals surface area contributed by atoms with E-state index in [0.717, 1.165) is 129 Å². The number of carboxylic acid groups (broad SMARTS) is 2. The van der Waals surface area contributed by atoms with E-state index in [1.807, 2.05) is 27.7 Å². The maximum atomic E-state index is 10.0. The van der Waals surface area contributed by atoms with Crippen LogP contribution in [0.1, 0.15) is 405 Å². The SMILES string of the molecule is C.C.C.C.C.C.C.C.C.C.C.C.C.CC(C)N1CCCC1.CC(C)N1CC[C@@H](O)C1.CC(C)N1CC[C@@H](O)C1.CC(C)N1CC[C@@H]1CO.CC(C)N1CC[C@H](O)C1.CC(C)N1CC[C@H](O)C1.CC(C)N1CC[C@H]1CO.CC(C)NC1(C)CC1.CC(C)NCC1(O)CC1.CC(C)NC[C@@H](O)C(=O)O.CC(C)NC[C@H](O)C(=O)O.CC(C)N[C@H]1CCCC[C@H]1O.CC(C)N[C@H]1CCC[C@H]1O.O=C=O.O=C=O. The van der Waals surface area contributed by atoms with E-state index < -0.39 is 24.1 Å². The van der Waals surface area contributed by atoms with Crippen molar-refractivity contribution in [3.63, 3.8) is 0 Å². The molecule has 12 atom stereocenters. The van der Waals surface area contributed by atoms with Gasteiger partial charge in [-0.05, 0) is 226 Å². The second-order valence-electron chi connectivity index (χ2n) is 39.7. The van der Waals surface area contributed by atoms with Gasteiger partial charge >= 0.3 is 24.2 Å². The molecular weight excluding hydrogens is 1770 g/mol. The van der Waals surface area contributed by atoms with Crippen LogP contribution in [0.2, 0.25) is 0 Å². The Hall–Kier alpha value is -3.26. The number of hydrogen-bond donors (Lipinski definition) is 19. The van der Waals surface area contributed by atoms with E-state index in [2.05, 4.69) is 225 Å². The molecule has 0 spiro atoms. The summed E-state index contributed by atoms with van der Waals surface area (Å²) in [6, 6.07) is 8.57. The minimum atomic E-state index is -1.29. The number of aliphatic hydroxyl groups excluding tert-OH is 10. The summed E-state index contributed by atoms with van der Waals surface area (Å²) >= 11 is 0. The molecule has 856 valence electrons. The molecule has 7 saturated heterocycles. The lowest BCUT2D eigenvalue weighted by Crippen LogP contribution is -2.53. The highest BCUT2D eigenvalue weighted by Gasteiger charge is 2.40. The average molecular weight is 2020 g/mol. The summed E-state index contributed by atoms with van der Waals surface area (Å²) in [5.74, 6) is -2.37. The number of nitrogens with one attached hydrogen (secondary N) is 6. The third-order valence-corrected chi connectivity index (χ3v) is 23.3. The van der Waals surface area contributed by atoms with Gasteiger partial charge in [-0.1, -0.05) is 192 Å². The molecule has 7 heterocycles. The molecule has 0 aromatic carbocycles. The second-order valence-corrected chi connectivity index (χ2v) is 39.7. The zero-order valence-electron chi connectivity index (χ0n) is 84.3. The number of β-amino-alcohol motifs (C(OH)–C–C–N with tert-alkyl or cyclic N) is 4. The van der Waals surface area contributed by atoms with Crippen LogP contribution in [-0.4, -0.2) is 399 Å². The Bertz CT molecular complexity index is 2480. The van der Waals surface area contributed by atoms with Crippen LogP contribution in [-0.2, 0) is 28.8 Å². The number of rotatable bonds is 26. The number of likely N-dealkylation sites (tertiary alicyclic amines) is 7. The Labute approximate surface area is 860 Å². The molecule has 32 heteroatoms. The fourth-order valence-corrected chi connectivity index (χ4v) is 14.8. The quantitative estimate of drug-likeness (QED) is 0.0382. The maximum Gasteiger partial charge on any atom is 0.373 e. The number of hydrogen-bond acceptors (Lipinski definition) is 30. The van der Waals surface area contributed by atoms with Gasteiger partial charge in [-0.3, -0.25) is 29.4 Å². The molecule has 0 radical (unpaired) electrons. The van der Waals surface area contributed by atoms with E-state index in [9.17, 15) is 24.9 Å². The predicted octanol–water partition coefficient (Wildman–Crippen LogP) is 14.5. The summed E-state index contributed by atoms with van der Waals surface area (Å²) in [6.07, 6.45) is 19.0. The molecule has 7 aliphatic heterocycles. The molecule has 32 nitrogen and oxygen atoms in total. The van der Waals surface area contributed by atoms with Crippen LogP contribution >= 0.6 is 0 Å². The Morgan fingerprint density at radius 1 is 0.331 bits per heavy atom. The minimum absolute atomic E-state index is 0. The van der Waals surface area contributed by atoms with E-state index in [1.54, 1.807) is 0 Å². The molecule has 0 unspecified atom stereocenters. The van der Waals surface area contributed by atoms with Crippen LogP contribution in [0.25, 0.3) is 0 Å². The highest BCUT2D eigenvalue weighted by molar-refractivity contribution is 5.72. The van der Waals surface area contributed by atoms with Crippen molar-refractivity contribution in [2.45, 2.75) is 568 Å².